The molecule has 0 radical (unpaired) electrons. The fourth-order valence-electron chi connectivity index (χ4n) is 4.42. The second kappa shape index (κ2) is 16.0. The summed E-state index contributed by atoms with van der Waals surface area (Å²) in [5, 5.41) is 8.19. The fraction of sp³-hybridized carbons (Fsp3) is 0.355. The van der Waals surface area contributed by atoms with Crippen LogP contribution in [0.2, 0.25) is 0 Å². The normalized spacial score (nSPS) is 10.9. The maximum atomic E-state index is 13.2. The number of anilines is 1. The number of thioether (sulfide) groups is 1. The van der Waals surface area contributed by atoms with Crippen molar-refractivity contribution in [2.45, 2.75) is 43.8 Å². The molecule has 43 heavy (non-hydrogen) atoms. The summed E-state index contributed by atoms with van der Waals surface area (Å²) in [5.74, 6) is 1.97. The van der Waals surface area contributed by atoms with Gasteiger partial charge in [0.2, 0.25) is 11.8 Å². The summed E-state index contributed by atoms with van der Waals surface area (Å²) in [7, 11) is 4.78. The van der Waals surface area contributed by atoms with Crippen molar-refractivity contribution in [2.75, 3.05) is 38.9 Å². The van der Waals surface area contributed by atoms with E-state index in [9.17, 15) is 14.4 Å². The number of amides is 2. The Morgan fingerprint density at radius 3 is 2.47 bits per heavy atom. The number of nitrogens with zero attached hydrogens (tertiary/aromatic N) is 2. The van der Waals surface area contributed by atoms with Crippen LogP contribution in [-0.2, 0) is 22.6 Å². The Morgan fingerprint density at radius 1 is 0.930 bits per heavy atom. The molecule has 2 aromatic heterocycles. The number of benzene rings is 2. The largest absolute Gasteiger partial charge is 0.497 e. The molecule has 0 fully saturated rings. The molecule has 0 bridgehead atoms. The molecule has 2 amide bonds. The molecule has 12 heteroatoms. The summed E-state index contributed by atoms with van der Waals surface area (Å²) in [5.41, 5.74) is 2.27. The van der Waals surface area contributed by atoms with E-state index in [4.69, 9.17) is 14.2 Å². The van der Waals surface area contributed by atoms with Crippen molar-refractivity contribution in [3.63, 3.8) is 0 Å². The minimum atomic E-state index is -0.139. The van der Waals surface area contributed by atoms with Gasteiger partial charge in [0, 0.05) is 25.2 Å². The summed E-state index contributed by atoms with van der Waals surface area (Å²) >= 11 is 2.62. The van der Waals surface area contributed by atoms with Crippen molar-refractivity contribution in [3.8, 4) is 17.2 Å². The molecule has 2 aromatic carbocycles. The van der Waals surface area contributed by atoms with Crippen LogP contribution in [0.3, 0.4) is 0 Å². The molecule has 0 saturated heterocycles. The molecule has 2 N–H and O–H groups in total. The van der Waals surface area contributed by atoms with E-state index in [0.29, 0.717) is 65.6 Å². The average molecular weight is 625 g/mol. The molecule has 0 aliphatic heterocycles. The van der Waals surface area contributed by atoms with Gasteiger partial charge < -0.3 is 24.8 Å². The van der Waals surface area contributed by atoms with Crippen LogP contribution < -0.4 is 30.4 Å². The summed E-state index contributed by atoms with van der Waals surface area (Å²) in [4.78, 5) is 42.9. The number of carbonyl (C=O) groups excluding carboxylic acids is 2. The minimum absolute atomic E-state index is 0.0580. The van der Waals surface area contributed by atoms with Gasteiger partial charge in [0.15, 0.2) is 16.7 Å². The molecule has 10 nitrogen and oxygen atoms in total. The molecule has 4 aromatic rings. The van der Waals surface area contributed by atoms with Crippen LogP contribution in [0.25, 0.3) is 10.2 Å². The first kappa shape index (κ1) is 31.9. The summed E-state index contributed by atoms with van der Waals surface area (Å²) in [6.07, 6.45) is 3.19. The van der Waals surface area contributed by atoms with Crippen molar-refractivity contribution < 1.29 is 23.8 Å². The van der Waals surface area contributed by atoms with Crippen LogP contribution in [0.15, 0.2) is 63.9 Å². The number of nitrogens with one attached hydrogen (secondary N) is 2. The fourth-order valence-corrected chi connectivity index (χ4v) is 6.06. The Hall–Kier alpha value is -4.03. The van der Waals surface area contributed by atoms with E-state index in [1.54, 1.807) is 50.2 Å². The van der Waals surface area contributed by atoms with Crippen molar-refractivity contribution in [1.82, 2.24) is 14.9 Å². The van der Waals surface area contributed by atoms with Gasteiger partial charge in [-0.1, -0.05) is 24.2 Å². The molecule has 0 spiro atoms. The third-order valence-corrected chi connectivity index (χ3v) is 8.57. The zero-order valence-electron chi connectivity index (χ0n) is 24.5. The zero-order valence-corrected chi connectivity index (χ0v) is 26.1. The van der Waals surface area contributed by atoms with Crippen LogP contribution >= 0.6 is 23.1 Å². The lowest BCUT2D eigenvalue weighted by molar-refractivity contribution is -0.118. The highest BCUT2D eigenvalue weighted by Crippen LogP contribution is 2.27. The lowest BCUT2D eigenvalue weighted by Gasteiger charge is -2.12. The first-order chi connectivity index (χ1) is 20.9. The van der Waals surface area contributed by atoms with Crippen LogP contribution in [-0.4, -0.2) is 55.0 Å². The summed E-state index contributed by atoms with van der Waals surface area (Å²) in [6, 6.07) is 14.7. The van der Waals surface area contributed by atoms with E-state index in [2.05, 4.69) is 15.6 Å². The van der Waals surface area contributed by atoms with Gasteiger partial charge in [0.1, 0.15) is 10.4 Å². The van der Waals surface area contributed by atoms with Gasteiger partial charge in [-0.15, -0.1) is 11.3 Å². The molecule has 4 rings (SSSR count). The molecule has 0 saturated carbocycles. The Bertz CT molecular complexity index is 1590. The first-order valence-corrected chi connectivity index (χ1v) is 15.8. The number of hydrogen-bond acceptors (Lipinski definition) is 9. The number of fused-ring (bicyclic) bond motifs is 1. The predicted molar refractivity (Wildman–Crippen MR) is 171 cm³/mol. The Morgan fingerprint density at radius 2 is 1.72 bits per heavy atom. The van der Waals surface area contributed by atoms with Gasteiger partial charge in [-0.25, -0.2) is 4.98 Å². The van der Waals surface area contributed by atoms with Crippen molar-refractivity contribution in [3.05, 3.63) is 69.8 Å². The van der Waals surface area contributed by atoms with Crippen molar-refractivity contribution in [1.29, 1.82) is 0 Å². The minimum Gasteiger partial charge on any atom is -0.497 e. The number of unbranched alkanes of at least 4 members (excludes halogenated alkanes) is 2. The Labute approximate surface area is 258 Å². The SMILES string of the molecule is COc1ccc(NC(=O)CCCCCn2c(SCC(=O)NCCc3ccc(OC)c(OC)c3)nc3ccsc3c2=O)cc1. The van der Waals surface area contributed by atoms with E-state index < -0.39 is 0 Å². The number of thiophene rings is 1. The van der Waals surface area contributed by atoms with Crippen LogP contribution in [0, 0.1) is 0 Å². The Kier molecular flexibility index (Phi) is 11.9. The van der Waals surface area contributed by atoms with Gasteiger partial charge in [-0.2, -0.15) is 0 Å². The molecule has 0 atom stereocenters. The molecule has 0 aliphatic carbocycles. The molecular formula is C31H36N4O6S2. The number of aromatic nitrogens is 2. The lowest BCUT2D eigenvalue weighted by Crippen LogP contribution is -2.28. The highest BCUT2D eigenvalue weighted by Gasteiger charge is 2.15. The average Bonchev–Trinajstić information content (AvgIpc) is 3.50. The maximum absolute atomic E-state index is 13.2. The van der Waals surface area contributed by atoms with Crippen molar-refractivity contribution in [2.24, 2.45) is 0 Å². The van der Waals surface area contributed by atoms with Gasteiger partial charge in [0.05, 0.1) is 32.6 Å². The van der Waals surface area contributed by atoms with Gasteiger partial charge in [-0.05, 0) is 72.7 Å². The number of carbonyl (C=O) groups is 2. The van der Waals surface area contributed by atoms with Gasteiger partial charge >= 0.3 is 0 Å². The van der Waals surface area contributed by atoms with Crippen LogP contribution in [0.1, 0.15) is 31.2 Å². The van der Waals surface area contributed by atoms with E-state index in [0.717, 1.165) is 23.4 Å². The highest BCUT2D eigenvalue weighted by atomic mass is 32.2. The van der Waals surface area contributed by atoms with Crippen molar-refractivity contribution >= 4 is 50.8 Å². The molecular weight excluding hydrogens is 588 g/mol. The Balaban J connectivity index is 1.26. The second-order valence-electron chi connectivity index (χ2n) is 9.65. The van der Waals surface area contributed by atoms with Gasteiger partial charge in [-0.3, -0.25) is 19.0 Å². The number of rotatable bonds is 16. The van der Waals surface area contributed by atoms with E-state index in [1.807, 2.05) is 29.6 Å². The highest BCUT2D eigenvalue weighted by molar-refractivity contribution is 7.99. The van der Waals surface area contributed by atoms with Crippen LogP contribution in [0.5, 0.6) is 17.2 Å². The standard InChI is InChI=1S/C31H36N4O6S2/c1-39-23-11-9-22(10-12-23)33-27(36)7-5-4-6-17-35-30(38)29-24(15-18-42-29)34-31(35)43-20-28(37)32-16-14-21-8-13-25(40-2)26(19-21)41-3/h8-13,15,18-19H,4-7,14,16-17,20H2,1-3H3,(H,32,37)(H,33,36). The second-order valence-corrected chi connectivity index (χ2v) is 11.5. The van der Waals surface area contributed by atoms with Crippen LogP contribution in [0.4, 0.5) is 5.69 Å². The third-order valence-electron chi connectivity index (χ3n) is 6.71. The predicted octanol–water partition coefficient (Wildman–Crippen LogP) is 5.13. The van der Waals surface area contributed by atoms with E-state index in [1.165, 1.54) is 23.1 Å². The molecule has 2 heterocycles. The summed E-state index contributed by atoms with van der Waals surface area (Å²) in [6.45, 7) is 0.924. The monoisotopic (exact) mass is 624 g/mol. The topological polar surface area (TPSA) is 121 Å². The summed E-state index contributed by atoms with van der Waals surface area (Å²) < 4.78 is 18.0. The van der Waals surface area contributed by atoms with E-state index >= 15 is 0 Å². The number of hydrogen-bond donors (Lipinski definition) is 2. The van der Waals surface area contributed by atoms with E-state index in [-0.39, 0.29) is 23.1 Å². The quantitative estimate of drug-likeness (QED) is 0.1000. The zero-order chi connectivity index (χ0) is 30.6. The van der Waals surface area contributed by atoms with Gasteiger partial charge in [0.25, 0.3) is 5.56 Å². The first-order valence-electron chi connectivity index (χ1n) is 13.9. The molecule has 0 unspecified atom stereocenters. The lowest BCUT2D eigenvalue weighted by atomic mass is 10.1. The maximum Gasteiger partial charge on any atom is 0.272 e. The smallest absolute Gasteiger partial charge is 0.272 e. The number of methoxy groups -OCH3 is 3. The number of ether oxygens (including phenoxy) is 3. The molecule has 228 valence electrons. The third kappa shape index (κ3) is 8.98. The molecule has 0 aliphatic rings.